The summed E-state index contributed by atoms with van der Waals surface area (Å²) in [7, 11) is 0. The number of anilines is 4. The molecule has 0 spiro atoms. The molecule has 2 aliphatic rings. The minimum Gasteiger partial charge on any atom is -0.301 e. The van der Waals surface area contributed by atoms with Gasteiger partial charge in [-0.25, -0.2) is 9.97 Å². The minimum atomic E-state index is 0.0846. The Hall–Kier alpha value is -3.66. The average Bonchev–Trinajstić information content (AvgIpc) is 3.24. The Morgan fingerprint density at radius 3 is 2.09 bits per heavy atom. The van der Waals surface area contributed by atoms with Crippen LogP contribution in [-0.4, -0.2) is 16.1 Å². The number of nitrogens with zero attached hydrogens (tertiary/aromatic N) is 4. The van der Waals surface area contributed by atoms with Gasteiger partial charge in [-0.2, -0.15) is 0 Å². The van der Waals surface area contributed by atoms with Crippen LogP contribution in [0.3, 0.4) is 0 Å². The van der Waals surface area contributed by atoms with Gasteiger partial charge < -0.3 is 9.80 Å². The molecule has 0 aliphatic carbocycles. The van der Waals surface area contributed by atoms with Crippen molar-refractivity contribution in [1.29, 1.82) is 0 Å². The highest BCUT2D eigenvalue weighted by Gasteiger charge is 2.54. The first-order valence-electron chi connectivity index (χ1n) is 12.3. The second-order valence-corrected chi connectivity index (χ2v) is 9.56. The number of hydrogen-bond donors (Lipinski definition) is 0. The van der Waals surface area contributed by atoms with E-state index in [1.165, 1.54) is 33.6 Å². The molecule has 0 amide bonds. The van der Waals surface area contributed by atoms with Crippen molar-refractivity contribution in [3.63, 3.8) is 0 Å². The summed E-state index contributed by atoms with van der Waals surface area (Å²) in [6.45, 7) is 6.89. The lowest BCUT2D eigenvalue weighted by Crippen LogP contribution is -2.55. The summed E-state index contributed by atoms with van der Waals surface area (Å²) in [6.07, 6.45) is 7.01. The first-order valence-corrected chi connectivity index (χ1v) is 12.3. The van der Waals surface area contributed by atoms with Gasteiger partial charge in [0.05, 0.1) is 0 Å². The number of hydrogen-bond acceptors (Lipinski definition) is 4. The molecule has 1 unspecified atom stereocenters. The molecule has 0 saturated carbocycles. The van der Waals surface area contributed by atoms with Crippen molar-refractivity contribution in [2.45, 2.75) is 46.2 Å². The molecule has 6 rings (SSSR count). The third-order valence-corrected chi connectivity index (χ3v) is 7.92. The van der Waals surface area contributed by atoms with Gasteiger partial charge in [0.1, 0.15) is 6.17 Å². The summed E-state index contributed by atoms with van der Waals surface area (Å²) in [5.74, 6) is 1.91. The van der Waals surface area contributed by atoms with Crippen LogP contribution >= 0.6 is 0 Å². The van der Waals surface area contributed by atoms with E-state index < -0.39 is 0 Å². The normalized spacial score (nSPS) is 17.8. The summed E-state index contributed by atoms with van der Waals surface area (Å²) < 4.78 is 0. The fourth-order valence-corrected chi connectivity index (χ4v) is 6.02. The van der Waals surface area contributed by atoms with E-state index in [1.54, 1.807) is 0 Å². The van der Waals surface area contributed by atoms with Gasteiger partial charge >= 0.3 is 0 Å². The van der Waals surface area contributed by atoms with Crippen molar-refractivity contribution >= 4 is 23.0 Å². The first kappa shape index (κ1) is 20.9. The molecule has 0 N–H and O–H groups in total. The quantitative estimate of drug-likeness (QED) is 0.326. The molecular formula is C30H30N4. The predicted octanol–water partition coefficient (Wildman–Crippen LogP) is 7.43. The van der Waals surface area contributed by atoms with E-state index in [1.807, 2.05) is 12.4 Å². The first-order chi connectivity index (χ1) is 16.7. The van der Waals surface area contributed by atoms with Gasteiger partial charge in [-0.05, 0) is 66.6 Å². The predicted molar refractivity (Wildman–Crippen MR) is 140 cm³/mol. The van der Waals surface area contributed by atoms with Crippen LogP contribution in [0.25, 0.3) is 11.1 Å². The zero-order valence-corrected chi connectivity index (χ0v) is 20.1. The molecule has 0 radical (unpaired) electrons. The van der Waals surface area contributed by atoms with Crippen LogP contribution in [0.2, 0.25) is 0 Å². The molecule has 3 aromatic carbocycles. The van der Waals surface area contributed by atoms with Gasteiger partial charge in [0, 0.05) is 29.2 Å². The van der Waals surface area contributed by atoms with Crippen LogP contribution < -0.4 is 9.80 Å². The molecule has 4 heteroatoms. The Labute approximate surface area is 201 Å². The van der Waals surface area contributed by atoms with Gasteiger partial charge in [-0.15, -0.1) is 0 Å². The molecule has 2 aliphatic heterocycles. The second-order valence-electron chi connectivity index (χ2n) is 9.56. The number of para-hydroxylation sites is 1. The highest BCUT2D eigenvalue weighted by Crippen LogP contribution is 2.57. The van der Waals surface area contributed by atoms with Gasteiger partial charge in [-0.3, -0.25) is 0 Å². The van der Waals surface area contributed by atoms with Crippen LogP contribution in [0, 0.1) is 12.3 Å². The monoisotopic (exact) mass is 446 g/mol. The van der Waals surface area contributed by atoms with Crippen molar-refractivity contribution < 1.29 is 0 Å². The number of rotatable bonds is 4. The number of benzene rings is 3. The lowest BCUT2D eigenvalue weighted by molar-refractivity contribution is 0.197. The topological polar surface area (TPSA) is 32.3 Å². The van der Waals surface area contributed by atoms with Crippen LogP contribution in [0.15, 0.2) is 85.2 Å². The maximum absolute atomic E-state index is 4.89. The zero-order chi connectivity index (χ0) is 23.3. The molecule has 4 aromatic rings. The van der Waals surface area contributed by atoms with Gasteiger partial charge in [0.25, 0.3) is 0 Å². The van der Waals surface area contributed by atoms with E-state index in [4.69, 9.17) is 9.97 Å². The lowest BCUT2D eigenvalue weighted by atomic mass is 9.70. The van der Waals surface area contributed by atoms with Gasteiger partial charge in [-0.1, -0.05) is 68.4 Å². The van der Waals surface area contributed by atoms with Crippen molar-refractivity contribution in [1.82, 2.24) is 9.97 Å². The number of fused-ring (bicyclic) bond motifs is 5. The molecular weight excluding hydrogens is 416 g/mol. The largest absolute Gasteiger partial charge is 0.301 e. The van der Waals surface area contributed by atoms with Crippen LogP contribution in [0.5, 0.6) is 0 Å². The van der Waals surface area contributed by atoms with E-state index in [0.717, 1.165) is 30.9 Å². The maximum atomic E-state index is 4.89. The zero-order valence-electron chi connectivity index (χ0n) is 20.1. The molecule has 0 fully saturated rings. The van der Waals surface area contributed by atoms with Crippen LogP contribution in [-0.2, 0) is 6.42 Å². The SMILES string of the molecule is CCC1(CC)Cc2ccccc2N2c3nccnc3N(c3ccc(-c4ccccc4)cc3C)C21. The van der Waals surface area contributed by atoms with E-state index >= 15 is 0 Å². The molecule has 170 valence electrons. The smallest absolute Gasteiger partial charge is 0.178 e. The van der Waals surface area contributed by atoms with Crippen molar-refractivity contribution in [3.05, 3.63) is 96.3 Å². The Morgan fingerprint density at radius 2 is 1.41 bits per heavy atom. The van der Waals surface area contributed by atoms with E-state index in [2.05, 4.69) is 103 Å². The number of aryl methyl sites for hydroxylation is 1. The summed E-state index contributed by atoms with van der Waals surface area (Å²) in [5.41, 5.74) is 7.68. The summed E-state index contributed by atoms with van der Waals surface area (Å²) >= 11 is 0. The van der Waals surface area contributed by atoms with Gasteiger partial charge in [0.2, 0.25) is 0 Å². The standard InChI is InChI=1S/C30H30N4/c1-4-30(5-2)20-24-13-9-10-14-26(24)34-28-27(31-17-18-32-28)33(29(30)34)25-16-15-23(19-21(25)3)22-11-7-6-8-12-22/h6-19,29H,4-5,20H2,1-3H3. The molecule has 0 bridgehead atoms. The Kier molecular flexibility index (Phi) is 4.91. The summed E-state index contributed by atoms with van der Waals surface area (Å²) in [5, 5.41) is 0. The maximum Gasteiger partial charge on any atom is 0.178 e. The molecule has 34 heavy (non-hydrogen) atoms. The molecule has 3 heterocycles. The van der Waals surface area contributed by atoms with E-state index in [9.17, 15) is 0 Å². The van der Waals surface area contributed by atoms with Crippen molar-refractivity contribution in [3.8, 4) is 11.1 Å². The fraction of sp³-hybridized carbons (Fsp3) is 0.267. The van der Waals surface area contributed by atoms with Gasteiger partial charge in [0.15, 0.2) is 11.6 Å². The van der Waals surface area contributed by atoms with E-state index in [-0.39, 0.29) is 11.6 Å². The highest BCUT2D eigenvalue weighted by molar-refractivity contribution is 5.87. The highest BCUT2D eigenvalue weighted by atomic mass is 15.5. The Bertz CT molecular complexity index is 1340. The minimum absolute atomic E-state index is 0.0846. The summed E-state index contributed by atoms with van der Waals surface area (Å²) in [6, 6.07) is 26.2. The third kappa shape index (κ3) is 2.98. The van der Waals surface area contributed by atoms with Crippen LogP contribution in [0.4, 0.5) is 23.0 Å². The number of aromatic nitrogens is 2. The summed E-state index contributed by atoms with van der Waals surface area (Å²) in [4.78, 5) is 14.7. The molecule has 1 atom stereocenters. The molecule has 1 aromatic heterocycles. The van der Waals surface area contributed by atoms with Crippen molar-refractivity contribution in [2.24, 2.45) is 5.41 Å². The second kappa shape index (κ2) is 7.98. The molecule has 4 nitrogen and oxygen atoms in total. The van der Waals surface area contributed by atoms with E-state index in [0.29, 0.717) is 0 Å². The Balaban J connectivity index is 1.56. The van der Waals surface area contributed by atoms with Crippen LogP contribution in [0.1, 0.15) is 37.8 Å². The van der Waals surface area contributed by atoms with Crippen molar-refractivity contribution in [2.75, 3.05) is 9.80 Å². The molecule has 0 saturated heterocycles. The third-order valence-electron chi connectivity index (χ3n) is 7.92. The average molecular weight is 447 g/mol. The Morgan fingerprint density at radius 1 is 0.765 bits per heavy atom. The fourth-order valence-electron chi connectivity index (χ4n) is 6.02. The lowest BCUT2D eigenvalue weighted by Gasteiger charge is -2.50.